The van der Waals surface area contributed by atoms with Crippen LogP contribution in [0.25, 0.3) is 0 Å². The summed E-state index contributed by atoms with van der Waals surface area (Å²) in [7, 11) is 0. The molecule has 7 heteroatoms. The molecule has 2 N–H and O–H groups in total. The van der Waals surface area contributed by atoms with E-state index in [0.717, 1.165) is 17.2 Å². The summed E-state index contributed by atoms with van der Waals surface area (Å²) in [6, 6.07) is 29.5. The van der Waals surface area contributed by atoms with E-state index in [4.69, 9.17) is 4.74 Å². The molecule has 4 aromatic rings. The Morgan fingerprint density at radius 2 is 1.17 bits per heavy atom. The van der Waals surface area contributed by atoms with Gasteiger partial charge in [-0.05, 0) is 53.6 Å². The Bertz CT molecular complexity index is 1370. The molecule has 0 aliphatic rings. The molecule has 0 heterocycles. The second-order valence-corrected chi connectivity index (χ2v) is 8.08. The van der Waals surface area contributed by atoms with Crippen LogP contribution in [0.4, 0.5) is 0 Å². The summed E-state index contributed by atoms with van der Waals surface area (Å²) in [4.78, 5) is 38.3. The van der Waals surface area contributed by atoms with Gasteiger partial charge in [0.25, 0.3) is 5.91 Å². The Balaban J connectivity index is 1.61. The predicted molar refractivity (Wildman–Crippen MR) is 133 cm³/mol. The first kappa shape index (κ1) is 24.2. The summed E-state index contributed by atoms with van der Waals surface area (Å²) in [5.74, 6) is -1.81. The second kappa shape index (κ2) is 11.0. The maximum Gasteiger partial charge on any atom is 0.336 e. The summed E-state index contributed by atoms with van der Waals surface area (Å²) in [5.41, 5.74) is 1.05. The van der Waals surface area contributed by atoms with Crippen LogP contribution in [0, 0.1) is 0 Å². The Morgan fingerprint density at radius 1 is 0.611 bits per heavy atom. The van der Waals surface area contributed by atoms with Crippen LogP contribution >= 0.6 is 0 Å². The molecule has 180 valence electrons. The molecule has 0 aromatic heterocycles. The van der Waals surface area contributed by atoms with Crippen LogP contribution in [0.15, 0.2) is 103 Å². The maximum absolute atomic E-state index is 13.6. The van der Waals surface area contributed by atoms with Crippen molar-refractivity contribution in [3.8, 4) is 11.5 Å². The number of hydrogen-bond acceptors (Lipinski definition) is 4. The van der Waals surface area contributed by atoms with Crippen LogP contribution in [-0.4, -0.2) is 33.0 Å². The summed E-state index contributed by atoms with van der Waals surface area (Å²) in [6.45, 7) is 0.445. The Hall–Kier alpha value is -4.91. The third kappa shape index (κ3) is 5.95. The second-order valence-electron chi connectivity index (χ2n) is 8.08. The number of ether oxygens (including phenoxy) is 1. The molecule has 0 saturated heterocycles. The molecule has 0 aliphatic heterocycles. The lowest BCUT2D eigenvalue weighted by molar-refractivity contribution is 0.0666. The van der Waals surface area contributed by atoms with Gasteiger partial charge in [-0.3, -0.25) is 4.79 Å². The van der Waals surface area contributed by atoms with Crippen molar-refractivity contribution in [3.63, 3.8) is 0 Å². The number of rotatable bonds is 9. The average Bonchev–Trinajstić information content (AvgIpc) is 2.89. The number of amides is 1. The zero-order valence-corrected chi connectivity index (χ0v) is 19.2. The van der Waals surface area contributed by atoms with E-state index in [9.17, 15) is 24.6 Å². The van der Waals surface area contributed by atoms with Crippen LogP contribution in [0.3, 0.4) is 0 Å². The monoisotopic (exact) mass is 481 g/mol. The van der Waals surface area contributed by atoms with Crippen molar-refractivity contribution in [1.82, 2.24) is 4.90 Å². The van der Waals surface area contributed by atoms with Crippen LogP contribution in [0.1, 0.15) is 42.2 Å². The highest BCUT2D eigenvalue weighted by Crippen LogP contribution is 2.23. The lowest BCUT2D eigenvalue weighted by atomic mass is 10.0. The number of carboxylic acid groups (broad SMARTS) is 2. The van der Waals surface area contributed by atoms with Crippen molar-refractivity contribution in [2.45, 2.75) is 13.1 Å². The van der Waals surface area contributed by atoms with E-state index in [-0.39, 0.29) is 29.8 Å². The Kier molecular flexibility index (Phi) is 7.41. The van der Waals surface area contributed by atoms with Gasteiger partial charge in [-0.2, -0.15) is 0 Å². The van der Waals surface area contributed by atoms with Crippen molar-refractivity contribution in [2.24, 2.45) is 0 Å². The third-order valence-electron chi connectivity index (χ3n) is 5.51. The zero-order chi connectivity index (χ0) is 25.5. The van der Waals surface area contributed by atoms with Gasteiger partial charge in [0.05, 0.1) is 16.7 Å². The first-order valence-electron chi connectivity index (χ1n) is 11.2. The molecule has 7 nitrogen and oxygen atoms in total. The summed E-state index contributed by atoms with van der Waals surface area (Å²) in [5, 5.41) is 18.9. The fourth-order valence-corrected chi connectivity index (χ4v) is 3.72. The van der Waals surface area contributed by atoms with Gasteiger partial charge in [0, 0.05) is 13.1 Å². The van der Waals surface area contributed by atoms with Crippen LogP contribution in [0.5, 0.6) is 11.5 Å². The van der Waals surface area contributed by atoms with Crippen molar-refractivity contribution < 1.29 is 29.3 Å². The highest BCUT2D eigenvalue weighted by Gasteiger charge is 2.24. The molecular formula is C29H23NO6. The molecule has 0 bridgehead atoms. The molecule has 36 heavy (non-hydrogen) atoms. The average molecular weight is 482 g/mol. The number of aromatic carboxylic acids is 2. The first-order chi connectivity index (χ1) is 17.4. The van der Waals surface area contributed by atoms with Gasteiger partial charge in [0.1, 0.15) is 11.5 Å². The molecule has 4 rings (SSSR count). The first-order valence-corrected chi connectivity index (χ1v) is 11.2. The molecule has 0 spiro atoms. The minimum Gasteiger partial charge on any atom is -0.478 e. The van der Waals surface area contributed by atoms with E-state index in [0.29, 0.717) is 11.5 Å². The molecule has 4 aromatic carbocycles. The number of carboxylic acids is 2. The molecule has 0 saturated carbocycles. The number of nitrogens with zero attached hydrogens (tertiary/aromatic N) is 1. The maximum atomic E-state index is 13.6. The highest BCUT2D eigenvalue weighted by molar-refractivity contribution is 6.06. The van der Waals surface area contributed by atoms with E-state index in [2.05, 4.69) is 0 Å². The Labute approximate surface area is 207 Å². The highest BCUT2D eigenvalue weighted by atomic mass is 16.5. The Morgan fingerprint density at radius 3 is 1.75 bits per heavy atom. The van der Waals surface area contributed by atoms with Crippen LogP contribution < -0.4 is 4.74 Å². The molecule has 0 aliphatic carbocycles. The quantitative estimate of drug-likeness (QED) is 0.317. The molecular weight excluding hydrogens is 458 g/mol. The number of benzene rings is 4. The fourth-order valence-electron chi connectivity index (χ4n) is 3.72. The fraction of sp³-hybridized carbons (Fsp3) is 0.0690. The summed E-state index contributed by atoms with van der Waals surface area (Å²) >= 11 is 0. The van der Waals surface area contributed by atoms with Crippen molar-refractivity contribution in [2.75, 3.05) is 0 Å². The standard InChI is InChI=1S/C29H23NO6/c31-27(25-16-13-22(28(32)33)17-26(25)29(34)35)30(18-20-7-3-1-4-8-20)19-21-11-14-24(15-12-21)36-23-9-5-2-6-10-23/h1-17H,18-19H2,(H,32,33)(H,34,35). The van der Waals surface area contributed by atoms with E-state index < -0.39 is 17.8 Å². The van der Waals surface area contributed by atoms with Gasteiger partial charge < -0.3 is 19.8 Å². The number of hydrogen-bond donors (Lipinski definition) is 2. The van der Waals surface area contributed by atoms with E-state index >= 15 is 0 Å². The number of carbonyl (C=O) groups is 3. The third-order valence-corrected chi connectivity index (χ3v) is 5.51. The topological polar surface area (TPSA) is 104 Å². The lowest BCUT2D eigenvalue weighted by Crippen LogP contribution is -2.31. The van der Waals surface area contributed by atoms with E-state index in [1.807, 2.05) is 72.8 Å². The van der Waals surface area contributed by atoms with Crippen molar-refractivity contribution in [1.29, 1.82) is 0 Å². The SMILES string of the molecule is O=C(O)c1ccc(C(=O)N(Cc2ccccc2)Cc2ccc(Oc3ccccc3)cc2)c(C(=O)O)c1. The minimum atomic E-state index is -1.37. The molecule has 1 amide bonds. The van der Waals surface area contributed by atoms with Crippen molar-refractivity contribution in [3.05, 3.63) is 131 Å². The molecule has 0 fully saturated rings. The van der Waals surface area contributed by atoms with Crippen molar-refractivity contribution >= 4 is 17.8 Å². The van der Waals surface area contributed by atoms with Gasteiger partial charge in [-0.1, -0.05) is 60.7 Å². The molecule has 0 atom stereocenters. The smallest absolute Gasteiger partial charge is 0.336 e. The summed E-state index contributed by atoms with van der Waals surface area (Å²) in [6.07, 6.45) is 0. The van der Waals surface area contributed by atoms with Gasteiger partial charge in [0.2, 0.25) is 0 Å². The molecule has 0 unspecified atom stereocenters. The van der Waals surface area contributed by atoms with Gasteiger partial charge >= 0.3 is 11.9 Å². The largest absolute Gasteiger partial charge is 0.478 e. The van der Waals surface area contributed by atoms with E-state index in [1.165, 1.54) is 17.0 Å². The van der Waals surface area contributed by atoms with Crippen LogP contribution in [0.2, 0.25) is 0 Å². The van der Waals surface area contributed by atoms with Crippen LogP contribution in [-0.2, 0) is 13.1 Å². The summed E-state index contributed by atoms with van der Waals surface area (Å²) < 4.78 is 5.83. The number of carbonyl (C=O) groups excluding carboxylic acids is 1. The van der Waals surface area contributed by atoms with Gasteiger partial charge in [-0.25, -0.2) is 9.59 Å². The lowest BCUT2D eigenvalue weighted by Gasteiger charge is -2.24. The van der Waals surface area contributed by atoms with E-state index in [1.54, 1.807) is 12.1 Å². The predicted octanol–water partition coefficient (Wildman–Crippen LogP) is 5.72. The number of para-hydroxylation sites is 1. The zero-order valence-electron chi connectivity index (χ0n) is 19.2. The normalized spacial score (nSPS) is 10.4. The minimum absolute atomic E-state index is 0.0764. The molecule has 0 radical (unpaired) electrons. The van der Waals surface area contributed by atoms with Gasteiger partial charge in [0.15, 0.2) is 0 Å². The van der Waals surface area contributed by atoms with Gasteiger partial charge in [-0.15, -0.1) is 0 Å².